The lowest BCUT2D eigenvalue weighted by Gasteiger charge is -2.17. The van der Waals surface area contributed by atoms with E-state index in [0.29, 0.717) is 18.4 Å². The molecule has 82 valence electrons. The fraction of sp³-hybridized carbons (Fsp3) is 0.455. The second kappa shape index (κ2) is 3.94. The Hall–Kier alpha value is -0.870. The molecule has 0 radical (unpaired) electrons. The van der Waals surface area contributed by atoms with Crippen LogP contribution in [0, 0.1) is 0 Å². The first kappa shape index (κ1) is 10.6. The minimum Gasteiger partial charge on any atom is -0.387 e. The summed E-state index contributed by atoms with van der Waals surface area (Å²) in [7, 11) is -3.08. The third kappa shape index (κ3) is 2.06. The standard InChI is InChI=1S/C11H14O3S/c12-11(9-5-2-1-3-6-9)10-7-4-8-15(10,13)14/h1-3,5-6,10-12H,4,7-8H2. The van der Waals surface area contributed by atoms with Crippen LogP contribution in [0.3, 0.4) is 0 Å². The predicted molar refractivity (Wildman–Crippen MR) is 58.2 cm³/mol. The smallest absolute Gasteiger partial charge is 0.156 e. The van der Waals surface area contributed by atoms with Crippen molar-refractivity contribution < 1.29 is 13.5 Å². The highest BCUT2D eigenvalue weighted by atomic mass is 32.2. The minimum atomic E-state index is -3.08. The van der Waals surface area contributed by atoms with Crippen LogP contribution in [0.25, 0.3) is 0 Å². The SMILES string of the molecule is O=S1(=O)CCCC1C(O)c1ccccc1. The molecular formula is C11H14O3S. The van der Waals surface area contributed by atoms with E-state index < -0.39 is 21.2 Å². The van der Waals surface area contributed by atoms with Crippen molar-refractivity contribution in [2.75, 3.05) is 5.75 Å². The lowest BCUT2D eigenvalue weighted by Crippen LogP contribution is -2.24. The third-order valence-corrected chi connectivity index (χ3v) is 5.15. The van der Waals surface area contributed by atoms with Gasteiger partial charge in [-0.15, -0.1) is 0 Å². The molecular weight excluding hydrogens is 212 g/mol. The molecule has 1 aliphatic rings. The van der Waals surface area contributed by atoms with Crippen LogP contribution in [-0.2, 0) is 9.84 Å². The molecule has 15 heavy (non-hydrogen) atoms. The Morgan fingerprint density at radius 1 is 1.27 bits per heavy atom. The molecule has 0 aliphatic carbocycles. The number of aliphatic hydroxyl groups is 1. The van der Waals surface area contributed by atoms with Gasteiger partial charge in [0.25, 0.3) is 0 Å². The average molecular weight is 226 g/mol. The van der Waals surface area contributed by atoms with Gasteiger partial charge in [-0.05, 0) is 18.4 Å². The monoisotopic (exact) mass is 226 g/mol. The average Bonchev–Trinajstić information content (AvgIpc) is 2.58. The van der Waals surface area contributed by atoms with Crippen molar-refractivity contribution in [2.24, 2.45) is 0 Å². The topological polar surface area (TPSA) is 54.4 Å². The van der Waals surface area contributed by atoms with Gasteiger partial charge in [0.2, 0.25) is 0 Å². The molecule has 1 aromatic carbocycles. The summed E-state index contributed by atoms with van der Waals surface area (Å²) in [5.41, 5.74) is 0.688. The van der Waals surface area contributed by atoms with E-state index in [9.17, 15) is 13.5 Å². The number of benzene rings is 1. The first-order valence-electron chi connectivity index (χ1n) is 5.06. The Labute approximate surface area is 89.7 Å². The highest BCUT2D eigenvalue weighted by Gasteiger charge is 2.37. The van der Waals surface area contributed by atoms with Crippen molar-refractivity contribution in [1.82, 2.24) is 0 Å². The van der Waals surface area contributed by atoms with Crippen LogP contribution in [0.4, 0.5) is 0 Å². The van der Waals surface area contributed by atoms with Crippen molar-refractivity contribution in [3.63, 3.8) is 0 Å². The second-order valence-corrected chi connectivity index (χ2v) is 6.24. The summed E-state index contributed by atoms with van der Waals surface area (Å²) >= 11 is 0. The van der Waals surface area contributed by atoms with Gasteiger partial charge in [-0.1, -0.05) is 30.3 Å². The number of aliphatic hydroxyl groups excluding tert-OH is 1. The number of hydrogen-bond donors (Lipinski definition) is 1. The largest absolute Gasteiger partial charge is 0.387 e. The summed E-state index contributed by atoms with van der Waals surface area (Å²) in [6, 6.07) is 8.98. The van der Waals surface area contributed by atoms with E-state index in [0.717, 1.165) is 0 Å². The van der Waals surface area contributed by atoms with Crippen LogP contribution in [0.2, 0.25) is 0 Å². The Kier molecular flexibility index (Phi) is 2.80. The molecule has 1 N–H and O–H groups in total. The van der Waals surface area contributed by atoms with Crippen LogP contribution in [0.5, 0.6) is 0 Å². The van der Waals surface area contributed by atoms with E-state index in [1.54, 1.807) is 24.3 Å². The summed E-state index contributed by atoms with van der Waals surface area (Å²) in [6.07, 6.45) is 0.355. The number of sulfone groups is 1. The first-order chi connectivity index (χ1) is 7.11. The lowest BCUT2D eigenvalue weighted by atomic mass is 10.0. The van der Waals surface area contributed by atoms with E-state index in [2.05, 4.69) is 0 Å². The van der Waals surface area contributed by atoms with E-state index in [-0.39, 0.29) is 5.75 Å². The highest BCUT2D eigenvalue weighted by Crippen LogP contribution is 2.31. The molecule has 2 unspecified atom stereocenters. The normalized spacial score (nSPS) is 26.3. The van der Waals surface area contributed by atoms with E-state index in [4.69, 9.17) is 0 Å². The van der Waals surface area contributed by atoms with E-state index >= 15 is 0 Å². The lowest BCUT2D eigenvalue weighted by molar-refractivity contribution is 0.170. The zero-order chi connectivity index (χ0) is 10.9. The minimum absolute atomic E-state index is 0.210. The molecule has 1 fully saturated rings. The zero-order valence-corrected chi connectivity index (χ0v) is 9.15. The van der Waals surface area contributed by atoms with Gasteiger partial charge >= 0.3 is 0 Å². The highest BCUT2D eigenvalue weighted by molar-refractivity contribution is 7.92. The molecule has 2 rings (SSSR count). The molecule has 1 saturated heterocycles. The third-order valence-electron chi connectivity index (χ3n) is 2.87. The Bertz CT molecular complexity index is 424. The molecule has 4 heteroatoms. The number of rotatable bonds is 2. The summed E-state index contributed by atoms with van der Waals surface area (Å²) < 4.78 is 23.2. The predicted octanol–water partition coefficient (Wildman–Crippen LogP) is 1.30. The van der Waals surface area contributed by atoms with Crippen LogP contribution >= 0.6 is 0 Å². The quantitative estimate of drug-likeness (QED) is 0.827. The molecule has 3 nitrogen and oxygen atoms in total. The second-order valence-electron chi connectivity index (χ2n) is 3.90. The zero-order valence-electron chi connectivity index (χ0n) is 8.33. The molecule has 0 bridgehead atoms. The molecule has 0 amide bonds. The van der Waals surface area contributed by atoms with Crippen LogP contribution in [0.15, 0.2) is 30.3 Å². The van der Waals surface area contributed by atoms with Gasteiger partial charge in [-0.3, -0.25) is 0 Å². The molecule has 0 aromatic heterocycles. The fourth-order valence-corrected chi connectivity index (χ4v) is 3.98. The molecule has 2 atom stereocenters. The van der Waals surface area contributed by atoms with Gasteiger partial charge in [0, 0.05) is 0 Å². The maximum atomic E-state index is 11.6. The van der Waals surface area contributed by atoms with Crippen molar-refractivity contribution in [3.05, 3.63) is 35.9 Å². The molecule has 0 spiro atoms. The van der Waals surface area contributed by atoms with Gasteiger partial charge in [-0.2, -0.15) is 0 Å². The molecule has 0 saturated carbocycles. The maximum absolute atomic E-state index is 11.6. The van der Waals surface area contributed by atoms with Gasteiger partial charge in [0.15, 0.2) is 9.84 Å². The number of hydrogen-bond acceptors (Lipinski definition) is 3. The van der Waals surface area contributed by atoms with Gasteiger partial charge in [0.1, 0.15) is 0 Å². The van der Waals surface area contributed by atoms with Gasteiger partial charge < -0.3 is 5.11 Å². The van der Waals surface area contributed by atoms with Crippen LogP contribution in [0.1, 0.15) is 24.5 Å². The van der Waals surface area contributed by atoms with Crippen molar-refractivity contribution in [1.29, 1.82) is 0 Å². The van der Waals surface area contributed by atoms with Crippen molar-refractivity contribution >= 4 is 9.84 Å². The Morgan fingerprint density at radius 3 is 2.47 bits per heavy atom. The van der Waals surface area contributed by atoms with E-state index in [1.165, 1.54) is 0 Å². The molecule has 1 aliphatic heterocycles. The van der Waals surface area contributed by atoms with Crippen LogP contribution < -0.4 is 0 Å². The van der Waals surface area contributed by atoms with Gasteiger partial charge in [0.05, 0.1) is 17.1 Å². The van der Waals surface area contributed by atoms with E-state index in [1.807, 2.05) is 6.07 Å². The molecule has 1 aromatic rings. The Balaban J connectivity index is 2.26. The van der Waals surface area contributed by atoms with Crippen molar-refractivity contribution in [2.45, 2.75) is 24.2 Å². The maximum Gasteiger partial charge on any atom is 0.156 e. The Morgan fingerprint density at radius 2 is 1.93 bits per heavy atom. The van der Waals surface area contributed by atoms with Crippen LogP contribution in [-0.4, -0.2) is 24.5 Å². The summed E-state index contributed by atoms with van der Waals surface area (Å²) in [6.45, 7) is 0. The molecule has 1 heterocycles. The summed E-state index contributed by atoms with van der Waals surface area (Å²) in [5, 5.41) is 9.37. The van der Waals surface area contributed by atoms with Gasteiger partial charge in [-0.25, -0.2) is 8.42 Å². The van der Waals surface area contributed by atoms with Crippen molar-refractivity contribution in [3.8, 4) is 0 Å². The fourth-order valence-electron chi connectivity index (χ4n) is 2.04. The first-order valence-corrected chi connectivity index (χ1v) is 6.77. The summed E-state index contributed by atoms with van der Waals surface area (Å²) in [4.78, 5) is 0. The summed E-state index contributed by atoms with van der Waals surface area (Å²) in [5.74, 6) is 0.210.